The summed E-state index contributed by atoms with van der Waals surface area (Å²) in [5, 5.41) is 15.3. The smallest absolute Gasteiger partial charge is 0.266 e. The van der Waals surface area contributed by atoms with Crippen molar-refractivity contribution < 1.29 is 9.53 Å². The number of anilines is 1. The van der Waals surface area contributed by atoms with E-state index in [-0.39, 0.29) is 5.57 Å². The van der Waals surface area contributed by atoms with Gasteiger partial charge < -0.3 is 10.1 Å². The quantitative estimate of drug-likeness (QED) is 0.225. The third kappa shape index (κ3) is 5.23. The van der Waals surface area contributed by atoms with E-state index in [1.165, 1.54) is 12.1 Å². The van der Waals surface area contributed by atoms with Gasteiger partial charge in [-0.05, 0) is 53.6 Å². The monoisotopic (exact) mass is 486 g/mol. The van der Waals surface area contributed by atoms with Crippen LogP contribution < -0.4 is 10.1 Å². The molecule has 0 heterocycles. The van der Waals surface area contributed by atoms with E-state index in [0.29, 0.717) is 33.7 Å². The highest BCUT2D eigenvalue weighted by Gasteiger charge is 2.13. The Labute approximate surface area is 208 Å². The lowest BCUT2D eigenvalue weighted by atomic mass is 10.0. The van der Waals surface area contributed by atoms with Gasteiger partial charge in [0.1, 0.15) is 24.0 Å². The molecular weight excluding hydrogens is 467 g/mol. The van der Waals surface area contributed by atoms with Crippen molar-refractivity contribution in [3.8, 4) is 11.8 Å². The van der Waals surface area contributed by atoms with Gasteiger partial charge in [-0.25, -0.2) is 0 Å². The van der Waals surface area contributed by atoms with Crippen LogP contribution in [0.5, 0.6) is 5.75 Å². The van der Waals surface area contributed by atoms with Crippen LogP contribution in [0.4, 0.5) is 5.69 Å². The molecule has 0 aliphatic rings. The van der Waals surface area contributed by atoms with Gasteiger partial charge >= 0.3 is 0 Å². The van der Waals surface area contributed by atoms with E-state index >= 15 is 0 Å². The van der Waals surface area contributed by atoms with Crippen molar-refractivity contribution in [2.45, 2.75) is 13.5 Å². The van der Waals surface area contributed by atoms with E-state index in [1.54, 1.807) is 18.2 Å². The Kier molecular flexibility index (Phi) is 7.18. The number of carbonyl (C=O) groups excluding carboxylic acids is 1. The maximum absolute atomic E-state index is 12.7. The number of ether oxygens (including phenoxy) is 1. The van der Waals surface area contributed by atoms with Crippen molar-refractivity contribution >= 4 is 51.6 Å². The fourth-order valence-corrected chi connectivity index (χ4v) is 3.89. The number of benzene rings is 4. The number of aryl methyl sites for hydroxylation is 1. The van der Waals surface area contributed by atoms with E-state index in [1.807, 2.05) is 36.4 Å². The molecule has 168 valence electrons. The van der Waals surface area contributed by atoms with Crippen LogP contribution in [0.25, 0.3) is 16.8 Å². The number of nitriles is 1. The molecule has 6 heteroatoms. The number of para-hydroxylation sites is 1. The van der Waals surface area contributed by atoms with Gasteiger partial charge in [-0.3, -0.25) is 4.79 Å². The molecule has 0 fully saturated rings. The number of hydrogen-bond acceptors (Lipinski definition) is 3. The maximum Gasteiger partial charge on any atom is 0.266 e. The first-order valence-electron chi connectivity index (χ1n) is 10.5. The molecule has 0 saturated heterocycles. The molecule has 4 aromatic rings. The van der Waals surface area contributed by atoms with Gasteiger partial charge in [-0.15, -0.1) is 0 Å². The van der Waals surface area contributed by atoms with Crippen LogP contribution in [0.1, 0.15) is 16.7 Å². The number of amides is 1. The van der Waals surface area contributed by atoms with E-state index in [2.05, 4.69) is 36.5 Å². The predicted molar refractivity (Wildman–Crippen MR) is 138 cm³/mol. The SMILES string of the molecule is Cc1ccc2ccccc2c1COc1ccccc1/C=C(\C#N)C(=O)Nc1ccc(Cl)c(Cl)c1. The Morgan fingerprint density at radius 1 is 1.00 bits per heavy atom. The number of nitrogens with one attached hydrogen (secondary N) is 1. The normalized spacial score (nSPS) is 11.2. The van der Waals surface area contributed by atoms with Crippen molar-refractivity contribution in [2.75, 3.05) is 5.32 Å². The van der Waals surface area contributed by atoms with Crippen LogP contribution in [0, 0.1) is 18.3 Å². The van der Waals surface area contributed by atoms with Crippen LogP contribution in [0.3, 0.4) is 0 Å². The first kappa shape index (κ1) is 23.4. The van der Waals surface area contributed by atoms with Crippen LogP contribution >= 0.6 is 23.2 Å². The minimum Gasteiger partial charge on any atom is -0.488 e. The lowest BCUT2D eigenvalue weighted by Gasteiger charge is -2.14. The third-order valence-corrected chi connectivity index (χ3v) is 6.15. The molecule has 0 spiro atoms. The number of rotatable bonds is 6. The third-order valence-electron chi connectivity index (χ3n) is 5.41. The van der Waals surface area contributed by atoms with Gasteiger partial charge in [-0.2, -0.15) is 5.26 Å². The van der Waals surface area contributed by atoms with Crippen LogP contribution in [0.2, 0.25) is 10.0 Å². The molecule has 0 aliphatic carbocycles. The van der Waals surface area contributed by atoms with Crippen molar-refractivity contribution in [1.82, 2.24) is 0 Å². The molecule has 0 radical (unpaired) electrons. The van der Waals surface area contributed by atoms with Crippen molar-refractivity contribution in [3.05, 3.63) is 111 Å². The lowest BCUT2D eigenvalue weighted by Crippen LogP contribution is -2.13. The highest BCUT2D eigenvalue weighted by Crippen LogP contribution is 2.28. The van der Waals surface area contributed by atoms with E-state index in [0.717, 1.165) is 21.9 Å². The summed E-state index contributed by atoms with van der Waals surface area (Å²) in [5.41, 5.74) is 3.22. The summed E-state index contributed by atoms with van der Waals surface area (Å²) in [6, 6.07) is 26.3. The van der Waals surface area contributed by atoms with Gasteiger partial charge in [0.2, 0.25) is 0 Å². The molecule has 0 bridgehead atoms. The van der Waals surface area contributed by atoms with Crippen LogP contribution in [0.15, 0.2) is 84.4 Å². The molecule has 1 amide bonds. The molecule has 0 saturated carbocycles. The Bertz CT molecular complexity index is 1450. The van der Waals surface area contributed by atoms with Gasteiger partial charge in [0.15, 0.2) is 0 Å². The maximum atomic E-state index is 12.7. The number of halogens is 2. The molecule has 0 atom stereocenters. The first-order chi connectivity index (χ1) is 16.5. The highest BCUT2D eigenvalue weighted by molar-refractivity contribution is 6.42. The Balaban J connectivity index is 1.58. The summed E-state index contributed by atoms with van der Waals surface area (Å²) in [5.74, 6) is 0.0190. The molecule has 0 aromatic heterocycles. The van der Waals surface area contributed by atoms with E-state index < -0.39 is 5.91 Å². The molecule has 0 aliphatic heterocycles. The molecular formula is C28H20Cl2N2O2. The fourth-order valence-electron chi connectivity index (χ4n) is 3.59. The lowest BCUT2D eigenvalue weighted by molar-refractivity contribution is -0.112. The summed E-state index contributed by atoms with van der Waals surface area (Å²) in [6.45, 7) is 2.41. The zero-order chi connectivity index (χ0) is 24.1. The Morgan fingerprint density at radius 2 is 1.76 bits per heavy atom. The number of fused-ring (bicyclic) bond motifs is 1. The van der Waals surface area contributed by atoms with Gasteiger partial charge in [0.05, 0.1) is 10.0 Å². The number of hydrogen-bond donors (Lipinski definition) is 1. The van der Waals surface area contributed by atoms with Crippen LogP contribution in [-0.2, 0) is 11.4 Å². The summed E-state index contributed by atoms with van der Waals surface area (Å²) in [4.78, 5) is 12.7. The van der Waals surface area contributed by atoms with Crippen molar-refractivity contribution in [1.29, 1.82) is 5.26 Å². The average Bonchev–Trinajstić information content (AvgIpc) is 2.84. The summed E-state index contributed by atoms with van der Waals surface area (Å²) < 4.78 is 6.17. The average molecular weight is 487 g/mol. The zero-order valence-electron chi connectivity index (χ0n) is 18.3. The van der Waals surface area contributed by atoms with Crippen molar-refractivity contribution in [3.63, 3.8) is 0 Å². The van der Waals surface area contributed by atoms with Gasteiger partial charge in [-0.1, -0.05) is 77.8 Å². The van der Waals surface area contributed by atoms with E-state index in [4.69, 9.17) is 27.9 Å². The number of carbonyl (C=O) groups is 1. The van der Waals surface area contributed by atoms with Crippen LogP contribution in [-0.4, -0.2) is 5.91 Å². The second-order valence-electron chi connectivity index (χ2n) is 7.66. The summed E-state index contributed by atoms with van der Waals surface area (Å²) in [7, 11) is 0. The standard InChI is InChI=1S/C28H20Cl2N2O2/c1-18-10-11-19-6-2-4-8-23(19)24(18)17-34-27-9-5-3-7-20(27)14-21(16-31)28(33)32-22-12-13-25(29)26(30)15-22/h2-15H,17H2,1H3,(H,32,33)/b21-14+. The molecule has 1 N–H and O–H groups in total. The van der Waals surface area contributed by atoms with Gasteiger partial charge in [0.25, 0.3) is 5.91 Å². The second kappa shape index (κ2) is 10.4. The second-order valence-corrected chi connectivity index (χ2v) is 8.48. The van der Waals surface area contributed by atoms with E-state index in [9.17, 15) is 10.1 Å². The predicted octanol–water partition coefficient (Wildman–Crippen LogP) is 7.58. The molecule has 4 rings (SSSR count). The zero-order valence-corrected chi connectivity index (χ0v) is 19.8. The Morgan fingerprint density at radius 3 is 2.56 bits per heavy atom. The van der Waals surface area contributed by atoms with Gasteiger partial charge in [0, 0.05) is 16.8 Å². The molecule has 34 heavy (non-hydrogen) atoms. The largest absolute Gasteiger partial charge is 0.488 e. The minimum absolute atomic E-state index is 0.0662. The summed E-state index contributed by atoms with van der Waals surface area (Å²) in [6.07, 6.45) is 1.51. The number of nitrogens with zero attached hydrogens (tertiary/aromatic N) is 1. The molecule has 4 nitrogen and oxygen atoms in total. The molecule has 4 aromatic carbocycles. The topological polar surface area (TPSA) is 62.1 Å². The van der Waals surface area contributed by atoms with Crippen molar-refractivity contribution in [2.24, 2.45) is 0 Å². The highest BCUT2D eigenvalue weighted by atomic mass is 35.5. The summed E-state index contributed by atoms with van der Waals surface area (Å²) >= 11 is 11.9. The Hall–Kier alpha value is -3.78. The fraction of sp³-hybridized carbons (Fsp3) is 0.0714. The molecule has 0 unspecified atom stereocenters. The first-order valence-corrected chi connectivity index (χ1v) is 11.3. The minimum atomic E-state index is -0.555.